The van der Waals surface area contributed by atoms with Crippen LogP contribution in [0.3, 0.4) is 0 Å². The summed E-state index contributed by atoms with van der Waals surface area (Å²) in [4.78, 5) is 37.0. The Bertz CT molecular complexity index is 1340. The zero-order valence-corrected chi connectivity index (χ0v) is 38.4. The van der Waals surface area contributed by atoms with Crippen LogP contribution in [0.5, 0.6) is 0 Å². The molecule has 0 aromatic carbocycles. The van der Waals surface area contributed by atoms with E-state index in [0.29, 0.717) is 19.3 Å². The number of allylic oxidation sites excluding steroid dienone is 18. The lowest BCUT2D eigenvalue weighted by molar-refractivity contribution is -0.887. The first-order valence-electron chi connectivity index (χ1n) is 22.9. The lowest BCUT2D eigenvalue weighted by atomic mass is 10.1. The summed E-state index contributed by atoms with van der Waals surface area (Å²) in [5.74, 6) is -1.58. The minimum atomic E-state index is -0.890. The zero-order valence-electron chi connectivity index (χ0n) is 38.4. The van der Waals surface area contributed by atoms with E-state index in [4.69, 9.17) is 14.2 Å². The minimum absolute atomic E-state index is 0.0298. The van der Waals surface area contributed by atoms with E-state index in [1.54, 1.807) is 0 Å². The standard InChI is InChI=1S/C52H83NO7/c1-6-8-10-12-14-16-18-20-22-24-25-26-27-29-30-32-34-36-38-40-42-50(54)59-47-48(46-58-45-44-49(52(56)57)53(3,4)5)60-51(55)43-41-39-37-35-33-31-28-23-21-19-17-15-13-11-9-7-2/h8-11,14-17,20-23,25-26,29-30,34,36,48-49H,6-7,12-13,18-19,24,27-28,31-33,35,37-47H2,1-5H3/p+1/b10-8+,11-9+,16-14+,17-15+,22-20+,23-21+,26-25+,30-29+,36-34+. The third kappa shape index (κ3) is 39.5. The molecule has 0 bridgehead atoms. The van der Waals surface area contributed by atoms with E-state index in [1.165, 1.54) is 12.8 Å². The van der Waals surface area contributed by atoms with E-state index < -0.39 is 18.1 Å². The predicted octanol–water partition coefficient (Wildman–Crippen LogP) is 12.9. The SMILES string of the molecule is CC/C=C/C/C=C/C/C=C/C/C=C/C/C=C/C/C=C/CCCC(=O)OCC(COCCC(C(=O)O)[N+](C)(C)C)OC(=O)CCCCCCCC/C=C/C/C=C/C/C=C/CC. The van der Waals surface area contributed by atoms with Crippen LogP contribution >= 0.6 is 0 Å². The van der Waals surface area contributed by atoms with Gasteiger partial charge in [-0.15, -0.1) is 0 Å². The van der Waals surface area contributed by atoms with Crippen LogP contribution in [0.15, 0.2) is 109 Å². The molecule has 0 radical (unpaired) electrons. The summed E-state index contributed by atoms with van der Waals surface area (Å²) in [5, 5.41) is 9.63. The highest BCUT2D eigenvalue weighted by molar-refractivity contribution is 5.72. The summed E-state index contributed by atoms with van der Waals surface area (Å²) < 4.78 is 17.2. The molecule has 0 aliphatic heterocycles. The number of likely N-dealkylation sites (N-methyl/N-ethyl adjacent to an activating group) is 1. The van der Waals surface area contributed by atoms with Crippen molar-refractivity contribution in [3.8, 4) is 0 Å². The van der Waals surface area contributed by atoms with Crippen molar-refractivity contribution in [1.82, 2.24) is 0 Å². The van der Waals surface area contributed by atoms with Crippen molar-refractivity contribution >= 4 is 17.9 Å². The van der Waals surface area contributed by atoms with Gasteiger partial charge in [-0.1, -0.05) is 149 Å². The highest BCUT2D eigenvalue weighted by atomic mass is 16.6. The van der Waals surface area contributed by atoms with Crippen LogP contribution < -0.4 is 0 Å². The number of unbranched alkanes of at least 4 members (excludes halogenated alkanes) is 7. The minimum Gasteiger partial charge on any atom is -0.477 e. The van der Waals surface area contributed by atoms with Crippen LogP contribution in [0.1, 0.15) is 149 Å². The number of carboxylic acids is 1. The van der Waals surface area contributed by atoms with Gasteiger partial charge in [0.15, 0.2) is 12.1 Å². The normalized spacial score (nSPS) is 13.9. The number of aliphatic carboxylic acids is 1. The van der Waals surface area contributed by atoms with Gasteiger partial charge in [0.25, 0.3) is 0 Å². The Kier molecular flexibility index (Phi) is 38.9. The first-order valence-corrected chi connectivity index (χ1v) is 22.9. The Morgan fingerprint density at radius 1 is 0.500 bits per heavy atom. The van der Waals surface area contributed by atoms with Gasteiger partial charge in [-0.3, -0.25) is 9.59 Å². The van der Waals surface area contributed by atoms with Crippen LogP contribution in [-0.4, -0.2) is 80.6 Å². The molecule has 2 atom stereocenters. The molecule has 0 aromatic rings. The number of esters is 2. The fourth-order valence-corrected chi connectivity index (χ4v) is 5.94. The first kappa shape index (κ1) is 56.0. The van der Waals surface area contributed by atoms with Gasteiger partial charge in [0.2, 0.25) is 0 Å². The molecule has 0 saturated heterocycles. The van der Waals surface area contributed by atoms with Crippen molar-refractivity contribution in [2.24, 2.45) is 0 Å². The molecule has 338 valence electrons. The largest absolute Gasteiger partial charge is 0.477 e. The second kappa shape index (κ2) is 41.7. The fourth-order valence-electron chi connectivity index (χ4n) is 5.94. The number of ether oxygens (including phenoxy) is 3. The van der Waals surface area contributed by atoms with Crippen molar-refractivity contribution in [2.75, 3.05) is 41.0 Å². The van der Waals surface area contributed by atoms with Crippen LogP contribution in [0.25, 0.3) is 0 Å². The molecule has 0 saturated carbocycles. The number of quaternary nitrogens is 1. The lowest BCUT2D eigenvalue weighted by Crippen LogP contribution is -2.50. The number of hydrogen-bond acceptors (Lipinski definition) is 6. The van der Waals surface area contributed by atoms with Gasteiger partial charge in [0.1, 0.15) is 6.61 Å². The molecule has 60 heavy (non-hydrogen) atoms. The van der Waals surface area contributed by atoms with Crippen molar-refractivity contribution in [1.29, 1.82) is 0 Å². The number of carbonyl (C=O) groups excluding carboxylic acids is 2. The van der Waals surface area contributed by atoms with Gasteiger partial charge in [-0.2, -0.15) is 0 Å². The van der Waals surface area contributed by atoms with E-state index in [-0.39, 0.29) is 42.7 Å². The van der Waals surface area contributed by atoms with E-state index >= 15 is 0 Å². The Labute approximate surface area is 366 Å². The smallest absolute Gasteiger partial charge is 0.362 e. The van der Waals surface area contributed by atoms with Crippen LogP contribution in [0.2, 0.25) is 0 Å². The molecule has 8 heteroatoms. The van der Waals surface area contributed by atoms with Crippen molar-refractivity contribution in [3.05, 3.63) is 109 Å². The molecular weight excluding hydrogens is 751 g/mol. The molecule has 0 aromatic heterocycles. The van der Waals surface area contributed by atoms with Crippen LogP contribution in [0, 0.1) is 0 Å². The number of nitrogens with zero attached hydrogens (tertiary/aromatic N) is 1. The summed E-state index contributed by atoms with van der Waals surface area (Å²) >= 11 is 0. The highest BCUT2D eigenvalue weighted by Crippen LogP contribution is 2.12. The summed E-state index contributed by atoms with van der Waals surface area (Å²) in [6.45, 7) is 4.41. The maximum Gasteiger partial charge on any atom is 0.362 e. The number of carboxylic acid groups (broad SMARTS) is 1. The first-order chi connectivity index (χ1) is 29.1. The van der Waals surface area contributed by atoms with Crippen LogP contribution in [-0.2, 0) is 28.6 Å². The average molecular weight is 835 g/mol. The lowest BCUT2D eigenvalue weighted by Gasteiger charge is -2.31. The van der Waals surface area contributed by atoms with Crippen molar-refractivity contribution < 1.29 is 38.2 Å². The van der Waals surface area contributed by atoms with E-state index in [9.17, 15) is 19.5 Å². The zero-order chi connectivity index (χ0) is 44.2. The summed E-state index contributed by atoms with van der Waals surface area (Å²) in [7, 11) is 5.49. The molecular formula is C52H84NO7+. The van der Waals surface area contributed by atoms with Gasteiger partial charge in [-0.05, 0) is 89.9 Å². The Hall–Kier alpha value is -4.01. The maximum absolute atomic E-state index is 12.7. The quantitative estimate of drug-likeness (QED) is 0.0285. The second-order valence-corrected chi connectivity index (χ2v) is 15.9. The molecule has 0 aliphatic rings. The molecule has 0 spiro atoms. The Balaban J connectivity index is 4.47. The predicted molar refractivity (Wildman–Crippen MR) is 252 cm³/mol. The van der Waals surface area contributed by atoms with Gasteiger partial charge < -0.3 is 23.8 Å². The molecule has 8 nitrogen and oxygen atoms in total. The van der Waals surface area contributed by atoms with Crippen molar-refractivity contribution in [2.45, 2.75) is 161 Å². The summed E-state index contributed by atoms with van der Waals surface area (Å²) in [6, 6.07) is -0.633. The monoisotopic (exact) mass is 835 g/mol. The summed E-state index contributed by atoms with van der Waals surface area (Å²) in [6.07, 6.45) is 57.1. The third-order valence-electron chi connectivity index (χ3n) is 9.42. The van der Waals surface area contributed by atoms with E-state index in [1.807, 2.05) is 21.1 Å². The van der Waals surface area contributed by atoms with Gasteiger partial charge >= 0.3 is 17.9 Å². The molecule has 0 aliphatic carbocycles. The Morgan fingerprint density at radius 3 is 1.35 bits per heavy atom. The Morgan fingerprint density at radius 2 is 0.900 bits per heavy atom. The number of hydrogen-bond donors (Lipinski definition) is 1. The number of carbonyl (C=O) groups is 3. The highest BCUT2D eigenvalue weighted by Gasteiger charge is 2.31. The topological polar surface area (TPSA) is 99.1 Å². The van der Waals surface area contributed by atoms with Gasteiger partial charge in [0.05, 0.1) is 34.4 Å². The third-order valence-corrected chi connectivity index (χ3v) is 9.42. The molecule has 0 heterocycles. The molecule has 0 amide bonds. The van der Waals surface area contributed by atoms with Gasteiger partial charge in [-0.25, -0.2) is 4.79 Å². The van der Waals surface area contributed by atoms with Crippen molar-refractivity contribution in [3.63, 3.8) is 0 Å². The molecule has 1 N–H and O–H groups in total. The molecule has 2 unspecified atom stereocenters. The van der Waals surface area contributed by atoms with Gasteiger partial charge in [0, 0.05) is 19.3 Å². The van der Waals surface area contributed by atoms with Crippen LogP contribution in [0.4, 0.5) is 0 Å². The molecule has 0 fully saturated rings. The van der Waals surface area contributed by atoms with E-state index in [2.05, 4.69) is 123 Å². The summed E-state index contributed by atoms with van der Waals surface area (Å²) in [5.41, 5.74) is 0. The maximum atomic E-state index is 12.7. The average Bonchev–Trinajstić information content (AvgIpc) is 3.21. The number of rotatable bonds is 39. The second-order valence-electron chi connectivity index (χ2n) is 15.9. The fraction of sp³-hybridized carbons (Fsp3) is 0.596. The van der Waals surface area contributed by atoms with E-state index in [0.717, 1.165) is 96.3 Å². The molecule has 0 rings (SSSR count).